The summed E-state index contributed by atoms with van der Waals surface area (Å²) < 4.78 is 59.7. The second-order valence-corrected chi connectivity index (χ2v) is 16.5. The van der Waals surface area contributed by atoms with Crippen LogP contribution in [0.4, 0.5) is 29.3 Å². The summed E-state index contributed by atoms with van der Waals surface area (Å²) in [5.74, 6) is -0.815. The van der Waals surface area contributed by atoms with Gasteiger partial charge in [0.1, 0.15) is 17.6 Å². The number of alkyl halides is 3. The highest BCUT2D eigenvalue weighted by Gasteiger charge is 2.68. The molecule has 4 N–H and O–H groups in total. The fraction of sp³-hybridized carbons (Fsp3) is 0.525. The molecule has 3 heterocycles. The highest BCUT2D eigenvalue weighted by atomic mass is 19.4. The molecule has 1 saturated heterocycles. The normalized spacial score (nSPS) is 27.4. The van der Waals surface area contributed by atoms with Crippen molar-refractivity contribution in [2.45, 2.75) is 109 Å². The van der Waals surface area contributed by atoms with E-state index in [9.17, 15) is 32.3 Å². The number of esters is 1. The smallest absolute Gasteiger partial charge is 0.462 e. The van der Waals surface area contributed by atoms with Gasteiger partial charge in [0.15, 0.2) is 0 Å². The maximum absolute atomic E-state index is 14.4. The molecule has 3 amide bonds. The third kappa shape index (κ3) is 7.28. The van der Waals surface area contributed by atoms with Crippen LogP contribution in [0.15, 0.2) is 59.5 Å². The third-order valence-electron chi connectivity index (χ3n) is 12.6. The number of anilines is 2. The maximum atomic E-state index is 14.4. The van der Waals surface area contributed by atoms with E-state index in [1.165, 1.54) is 35.0 Å². The van der Waals surface area contributed by atoms with Gasteiger partial charge in [-0.2, -0.15) is 13.2 Å². The number of amides is 3. The lowest BCUT2D eigenvalue weighted by molar-refractivity contribution is -0.199. The number of urea groups is 1. The summed E-state index contributed by atoms with van der Waals surface area (Å²) in [4.78, 5) is 59.4. The van der Waals surface area contributed by atoms with Crippen molar-refractivity contribution >= 4 is 36.4 Å². The molecule has 1 aromatic heterocycles. The largest absolute Gasteiger partial charge is 0.481 e. The molecule has 3 saturated carbocycles. The summed E-state index contributed by atoms with van der Waals surface area (Å²) in [6, 6.07) is 9.13. The first-order valence-corrected chi connectivity index (χ1v) is 19.4. The van der Waals surface area contributed by atoms with E-state index in [4.69, 9.17) is 14.0 Å². The summed E-state index contributed by atoms with van der Waals surface area (Å²) in [7, 11) is -0.727. The summed E-state index contributed by atoms with van der Waals surface area (Å²) in [5.41, 5.74) is -2.74. The topological polar surface area (TPSA) is 162 Å². The zero-order valence-corrected chi connectivity index (χ0v) is 32.8. The monoisotopic (exact) mass is 792 g/mol. The summed E-state index contributed by atoms with van der Waals surface area (Å²) in [6.07, 6.45) is -1.13. The van der Waals surface area contributed by atoms with Crippen molar-refractivity contribution in [3.63, 3.8) is 0 Å². The Kier molecular flexibility index (Phi) is 10.5. The molecule has 13 nitrogen and oxygen atoms in total. The van der Waals surface area contributed by atoms with Gasteiger partial charge in [0.2, 0.25) is 5.91 Å². The van der Waals surface area contributed by atoms with Gasteiger partial charge in [-0.25, -0.2) is 14.6 Å². The van der Waals surface area contributed by atoms with Crippen LogP contribution < -0.4 is 26.8 Å². The van der Waals surface area contributed by atoms with Gasteiger partial charge < -0.3 is 35.3 Å². The Morgan fingerprint density at radius 2 is 1.81 bits per heavy atom. The molecule has 0 radical (unpaired) electrons. The minimum absolute atomic E-state index is 0.0564. The quantitative estimate of drug-likeness (QED) is 0.131. The average molecular weight is 793 g/mol. The third-order valence-corrected chi connectivity index (χ3v) is 12.6. The van der Waals surface area contributed by atoms with E-state index in [2.05, 4.69) is 47.0 Å². The first-order valence-electron chi connectivity index (χ1n) is 19.4. The van der Waals surface area contributed by atoms with Crippen LogP contribution in [-0.2, 0) is 37.1 Å². The number of nitrogens with zero attached hydrogens (tertiary/aromatic N) is 2. The van der Waals surface area contributed by atoms with Crippen LogP contribution in [0.5, 0.6) is 0 Å². The molecule has 3 aromatic rings. The zero-order valence-electron chi connectivity index (χ0n) is 32.8. The number of halogens is 3. The van der Waals surface area contributed by atoms with Gasteiger partial charge in [-0.1, -0.05) is 45.0 Å². The van der Waals surface area contributed by atoms with E-state index < -0.39 is 65.4 Å². The molecule has 5 aliphatic rings. The summed E-state index contributed by atoms with van der Waals surface area (Å²) >= 11 is 0. The lowest BCUT2D eigenvalue weighted by Crippen LogP contribution is -2.65. The van der Waals surface area contributed by atoms with Gasteiger partial charge in [0, 0.05) is 13.0 Å². The van der Waals surface area contributed by atoms with Crippen molar-refractivity contribution in [2.24, 2.45) is 17.3 Å². The molecule has 2 bridgehead atoms. The number of carbonyl (C=O) groups is 3. The number of benzene rings is 2. The molecule has 17 heteroatoms. The molecule has 4 fully saturated rings. The Hall–Kier alpha value is -4.90. The molecule has 57 heavy (non-hydrogen) atoms. The van der Waals surface area contributed by atoms with Gasteiger partial charge in [-0.15, -0.1) is 0 Å². The summed E-state index contributed by atoms with van der Waals surface area (Å²) in [5, 5.41) is 11.5. The molecule has 8 rings (SSSR count). The maximum Gasteiger partial charge on any atom is 0.481 e. The second-order valence-electron chi connectivity index (χ2n) is 16.5. The fourth-order valence-corrected chi connectivity index (χ4v) is 9.32. The number of aromatic nitrogens is 2. The van der Waals surface area contributed by atoms with Crippen LogP contribution in [0.25, 0.3) is 0 Å². The van der Waals surface area contributed by atoms with Gasteiger partial charge >= 0.3 is 25.3 Å². The minimum Gasteiger partial charge on any atom is -0.462 e. The van der Waals surface area contributed by atoms with Crippen LogP contribution in [0.2, 0.25) is 0 Å². The highest BCUT2D eigenvalue weighted by molar-refractivity contribution is 6.47. The van der Waals surface area contributed by atoms with Gasteiger partial charge in [-0.3, -0.25) is 14.2 Å². The lowest BCUT2D eigenvalue weighted by atomic mass is 9.43. The average Bonchev–Trinajstić information content (AvgIpc) is 3.67. The number of nitrogens with one attached hydrogen (secondary N) is 4. The molecule has 0 spiro atoms. The Bertz CT molecular complexity index is 2130. The van der Waals surface area contributed by atoms with Crippen molar-refractivity contribution in [1.82, 2.24) is 20.2 Å². The standard InChI is InChI=1S/C40H48BF3N6O7/c1-7-31(41-56-30-18-24-17-29(37(24,3)4)39(30,6)57-41)48-32(51)28-19-38(5,49-36(54)47-26-15-10-9-14-25(26)34(53)55-8-2)35-46-21-27(33(52)50(28)35)45-20-22-12-11-13-23(16-22)40(42,43)44/h9-16,21,24,28-31,45H,7-8,17-20H2,1-6H3,(H,48,51)(H2,47,49,54)/t24-,28-,29-,30+,31-,38+,39-/m0/s1. The Balaban J connectivity index is 1.15. The number of ether oxygens (including phenoxy) is 1. The molecular weight excluding hydrogens is 744 g/mol. The Morgan fingerprint density at radius 3 is 2.51 bits per heavy atom. The number of hydrogen-bond donors (Lipinski definition) is 4. The predicted octanol–water partition coefficient (Wildman–Crippen LogP) is 6.19. The van der Waals surface area contributed by atoms with Gasteiger partial charge in [-0.05, 0) is 87.1 Å². The van der Waals surface area contributed by atoms with Crippen molar-refractivity contribution < 1.29 is 41.6 Å². The van der Waals surface area contributed by atoms with Crippen LogP contribution in [0, 0.1) is 17.3 Å². The Labute approximate surface area is 329 Å². The molecule has 3 aliphatic carbocycles. The van der Waals surface area contributed by atoms with Crippen LogP contribution in [0.3, 0.4) is 0 Å². The molecule has 2 aliphatic heterocycles. The number of carbonyl (C=O) groups excluding carboxylic acids is 3. The van der Waals surface area contributed by atoms with E-state index in [1.807, 2.05) is 6.92 Å². The molecule has 2 aromatic carbocycles. The minimum atomic E-state index is -4.55. The van der Waals surface area contributed by atoms with Gasteiger partial charge in [0.05, 0.1) is 52.8 Å². The fourth-order valence-electron chi connectivity index (χ4n) is 9.32. The van der Waals surface area contributed by atoms with Gasteiger partial charge in [0.25, 0.3) is 5.56 Å². The number of rotatable bonds is 11. The Morgan fingerprint density at radius 1 is 1.05 bits per heavy atom. The number of fused-ring (bicyclic) bond motifs is 1. The highest BCUT2D eigenvalue weighted by Crippen LogP contribution is 2.65. The number of para-hydroxylation sites is 1. The predicted molar refractivity (Wildman–Crippen MR) is 205 cm³/mol. The summed E-state index contributed by atoms with van der Waals surface area (Å²) in [6.45, 7) is 11.8. The first kappa shape index (κ1) is 40.3. The van der Waals surface area contributed by atoms with E-state index in [-0.39, 0.29) is 59.4 Å². The van der Waals surface area contributed by atoms with Crippen LogP contribution in [-0.4, -0.2) is 58.8 Å². The first-order chi connectivity index (χ1) is 26.9. The molecule has 7 atom stereocenters. The van der Waals surface area contributed by atoms with E-state index in [0.717, 1.165) is 25.0 Å². The van der Waals surface area contributed by atoms with Crippen LogP contribution >= 0.6 is 0 Å². The van der Waals surface area contributed by atoms with Crippen molar-refractivity contribution in [1.29, 1.82) is 0 Å². The SMILES string of the molecule is CCOC(=O)c1ccccc1NC(=O)N[C@]1(C)C[C@@H](C(=O)N[C@@H](CC)B2O[C@@H]3C[C@@H]4C[C@@H](C4(C)C)[C@]3(C)O2)n2c1ncc(NCc1cccc(C(F)(F)F)c1)c2=O. The molecule has 0 unspecified atom stereocenters. The molecular formula is C40H48BF3N6O7. The van der Waals surface area contributed by atoms with Crippen molar-refractivity contribution in [3.8, 4) is 0 Å². The zero-order chi connectivity index (χ0) is 41.1. The number of hydrogen-bond acceptors (Lipinski definition) is 9. The van der Waals surface area contributed by atoms with E-state index in [1.54, 1.807) is 26.0 Å². The lowest BCUT2D eigenvalue weighted by Gasteiger charge is -2.64. The van der Waals surface area contributed by atoms with E-state index in [0.29, 0.717) is 18.3 Å². The second kappa shape index (κ2) is 14.8. The molecule has 304 valence electrons. The van der Waals surface area contributed by atoms with Crippen LogP contribution in [0.1, 0.15) is 101 Å². The van der Waals surface area contributed by atoms with E-state index >= 15 is 0 Å². The van der Waals surface area contributed by atoms with Crippen molar-refractivity contribution in [2.75, 3.05) is 17.2 Å². The van der Waals surface area contributed by atoms with Crippen molar-refractivity contribution in [3.05, 3.63) is 87.6 Å².